The molecular formula is C21H23N3O3. The van der Waals surface area contributed by atoms with Crippen molar-refractivity contribution >= 4 is 23.3 Å². The molecule has 1 heterocycles. The number of anilines is 1. The van der Waals surface area contributed by atoms with Gasteiger partial charge in [0.25, 0.3) is 0 Å². The van der Waals surface area contributed by atoms with Gasteiger partial charge in [0.2, 0.25) is 5.78 Å². The number of aliphatic imine (C=N–C) groups is 1. The number of esters is 1. The van der Waals surface area contributed by atoms with Gasteiger partial charge in [-0.25, -0.2) is 9.79 Å². The predicted octanol–water partition coefficient (Wildman–Crippen LogP) is 3.41. The maximum Gasteiger partial charge on any atom is 0.374 e. The molecule has 27 heavy (non-hydrogen) atoms. The summed E-state index contributed by atoms with van der Waals surface area (Å²) in [4.78, 5) is 27.9. The third-order valence-electron chi connectivity index (χ3n) is 4.22. The fraction of sp³-hybridized carbons (Fsp3) is 0.286. The first-order chi connectivity index (χ1) is 13.2. The molecule has 0 aliphatic carbocycles. The first-order valence-corrected chi connectivity index (χ1v) is 9.11. The van der Waals surface area contributed by atoms with Gasteiger partial charge in [-0.05, 0) is 31.0 Å². The number of amidine groups is 1. The Bertz CT molecular complexity index is 806. The van der Waals surface area contributed by atoms with E-state index in [1.807, 2.05) is 65.7 Å². The fourth-order valence-corrected chi connectivity index (χ4v) is 2.93. The van der Waals surface area contributed by atoms with Gasteiger partial charge < -0.3 is 4.74 Å². The second-order valence-electron chi connectivity index (χ2n) is 6.17. The standard InChI is InChI=1S/C21H23N3O3/c1-2-27-21(26)18(25)14-9-15-19-22-20(16-10-5-3-6-11-16)24(23-19)17-12-7-4-8-13-17/h3-8,10-13,20H,2,9,14-15H2,1H3,(H,22,23). The molecule has 140 valence electrons. The largest absolute Gasteiger partial charge is 0.460 e. The van der Waals surface area contributed by atoms with E-state index < -0.39 is 11.8 Å². The number of nitrogens with zero attached hydrogens (tertiary/aromatic N) is 2. The number of rotatable bonds is 8. The summed E-state index contributed by atoms with van der Waals surface area (Å²) >= 11 is 0. The molecular weight excluding hydrogens is 342 g/mol. The average molecular weight is 365 g/mol. The highest BCUT2D eigenvalue weighted by Gasteiger charge is 2.27. The number of Topliss-reactive ketones (excluding diaryl/α,β-unsaturated/α-hetero) is 1. The van der Waals surface area contributed by atoms with Crippen molar-refractivity contribution in [1.82, 2.24) is 5.43 Å². The van der Waals surface area contributed by atoms with Crippen LogP contribution in [0.2, 0.25) is 0 Å². The summed E-state index contributed by atoms with van der Waals surface area (Å²) in [5.41, 5.74) is 5.42. The highest BCUT2D eigenvalue weighted by Crippen LogP contribution is 2.30. The van der Waals surface area contributed by atoms with E-state index in [-0.39, 0.29) is 19.2 Å². The molecule has 6 heteroatoms. The van der Waals surface area contributed by atoms with E-state index in [0.29, 0.717) is 12.8 Å². The number of carbonyl (C=O) groups is 2. The minimum Gasteiger partial charge on any atom is -0.460 e. The van der Waals surface area contributed by atoms with Gasteiger partial charge >= 0.3 is 5.97 Å². The van der Waals surface area contributed by atoms with Crippen molar-refractivity contribution in [3.8, 4) is 0 Å². The molecule has 6 nitrogen and oxygen atoms in total. The van der Waals surface area contributed by atoms with E-state index in [9.17, 15) is 9.59 Å². The zero-order valence-electron chi connectivity index (χ0n) is 15.3. The Kier molecular flexibility index (Phi) is 6.20. The fourth-order valence-electron chi connectivity index (χ4n) is 2.93. The van der Waals surface area contributed by atoms with Crippen molar-refractivity contribution < 1.29 is 14.3 Å². The summed E-state index contributed by atoms with van der Waals surface area (Å²) in [5, 5.41) is 2.01. The van der Waals surface area contributed by atoms with Crippen LogP contribution in [-0.2, 0) is 14.3 Å². The van der Waals surface area contributed by atoms with Crippen molar-refractivity contribution in [2.24, 2.45) is 4.99 Å². The van der Waals surface area contributed by atoms with Gasteiger partial charge in [0.1, 0.15) is 5.84 Å². The van der Waals surface area contributed by atoms with Gasteiger partial charge in [-0.3, -0.25) is 15.2 Å². The minimum atomic E-state index is -0.758. The number of benzene rings is 2. The Labute approximate surface area is 158 Å². The first-order valence-electron chi connectivity index (χ1n) is 9.11. The van der Waals surface area contributed by atoms with E-state index in [2.05, 4.69) is 5.43 Å². The van der Waals surface area contributed by atoms with Crippen LogP contribution in [0.4, 0.5) is 5.69 Å². The Morgan fingerprint density at radius 3 is 2.41 bits per heavy atom. The Morgan fingerprint density at radius 2 is 1.74 bits per heavy atom. The summed E-state index contributed by atoms with van der Waals surface area (Å²) in [7, 11) is 0. The number of hydrogen-bond acceptors (Lipinski definition) is 6. The maximum absolute atomic E-state index is 11.7. The van der Waals surface area contributed by atoms with Crippen LogP contribution in [0.1, 0.15) is 37.9 Å². The molecule has 0 aromatic heterocycles. The maximum atomic E-state index is 11.7. The molecule has 1 atom stereocenters. The highest BCUT2D eigenvalue weighted by molar-refractivity contribution is 6.33. The Morgan fingerprint density at radius 1 is 1.07 bits per heavy atom. The lowest BCUT2D eigenvalue weighted by molar-refractivity contribution is -0.153. The normalized spacial score (nSPS) is 15.8. The Balaban J connectivity index is 1.67. The number of hydrogen-bond donors (Lipinski definition) is 1. The van der Waals surface area contributed by atoms with Gasteiger partial charge in [0, 0.05) is 12.8 Å². The van der Waals surface area contributed by atoms with Crippen LogP contribution in [-0.4, -0.2) is 24.2 Å². The molecule has 0 bridgehead atoms. The van der Waals surface area contributed by atoms with Crippen LogP contribution in [0.25, 0.3) is 0 Å². The molecule has 0 spiro atoms. The van der Waals surface area contributed by atoms with Crippen LogP contribution < -0.4 is 10.4 Å². The smallest absolute Gasteiger partial charge is 0.374 e. The van der Waals surface area contributed by atoms with Gasteiger partial charge in [-0.15, -0.1) is 0 Å². The van der Waals surface area contributed by atoms with E-state index in [1.54, 1.807) is 6.92 Å². The van der Waals surface area contributed by atoms with Crippen molar-refractivity contribution in [2.45, 2.75) is 32.4 Å². The SMILES string of the molecule is CCOC(=O)C(=O)CCCC1=NC(c2ccccc2)N(c2ccccc2)N1. The van der Waals surface area contributed by atoms with Gasteiger partial charge in [-0.1, -0.05) is 48.5 Å². The summed E-state index contributed by atoms with van der Waals surface area (Å²) < 4.78 is 4.73. The predicted molar refractivity (Wildman–Crippen MR) is 104 cm³/mol. The lowest BCUT2D eigenvalue weighted by Crippen LogP contribution is -2.37. The van der Waals surface area contributed by atoms with Crippen LogP contribution in [0.15, 0.2) is 65.7 Å². The lowest BCUT2D eigenvalue weighted by atomic mass is 10.1. The second-order valence-corrected chi connectivity index (χ2v) is 6.17. The molecule has 1 aliphatic rings. The summed E-state index contributed by atoms with van der Waals surface area (Å²) in [6.45, 7) is 1.90. The summed E-state index contributed by atoms with van der Waals surface area (Å²) in [5.74, 6) is -0.453. The molecule has 1 aliphatic heterocycles. The third-order valence-corrected chi connectivity index (χ3v) is 4.22. The zero-order valence-corrected chi connectivity index (χ0v) is 15.3. The van der Waals surface area contributed by atoms with Crippen molar-refractivity contribution in [3.63, 3.8) is 0 Å². The molecule has 0 fully saturated rings. The topological polar surface area (TPSA) is 71.0 Å². The number of ether oxygens (including phenoxy) is 1. The van der Waals surface area contributed by atoms with Gasteiger partial charge in [-0.2, -0.15) is 0 Å². The van der Waals surface area contributed by atoms with Crippen LogP contribution in [0, 0.1) is 0 Å². The number of carbonyl (C=O) groups excluding carboxylic acids is 2. The summed E-state index contributed by atoms with van der Waals surface area (Å²) in [6.07, 6.45) is 1.09. The quantitative estimate of drug-likeness (QED) is 0.573. The van der Waals surface area contributed by atoms with Crippen LogP contribution >= 0.6 is 0 Å². The number of ketones is 1. The molecule has 0 radical (unpaired) electrons. The van der Waals surface area contributed by atoms with Crippen molar-refractivity contribution in [1.29, 1.82) is 0 Å². The molecule has 0 saturated heterocycles. The molecule has 0 amide bonds. The lowest BCUT2D eigenvalue weighted by Gasteiger charge is -2.25. The van der Waals surface area contributed by atoms with Crippen LogP contribution in [0.3, 0.4) is 0 Å². The van der Waals surface area contributed by atoms with Crippen molar-refractivity contribution in [3.05, 3.63) is 66.2 Å². The minimum absolute atomic E-state index is 0.154. The van der Waals surface area contributed by atoms with E-state index in [1.165, 1.54) is 0 Å². The van der Waals surface area contributed by atoms with E-state index in [4.69, 9.17) is 9.73 Å². The molecule has 3 rings (SSSR count). The molecule has 0 saturated carbocycles. The highest BCUT2D eigenvalue weighted by atomic mass is 16.5. The third kappa shape index (κ3) is 4.73. The van der Waals surface area contributed by atoms with E-state index in [0.717, 1.165) is 17.1 Å². The average Bonchev–Trinajstić information content (AvgIpc) is 3.13. The van der Waals surface area contributed by atoms with Gasteiger partial charge in [0.15, 0.2) is 6.17 Å². The number of nitrogens with one attached hydrogen (secondary N) is 1. The zero-order chi connectivity index (χ0) is 19.1. The van der Waals surface area contributed by atoms with E-state index >= 15 is 0 Å². The molecule has 1 N–H and O–H groups in total. The number of hydrazine groups is 1. The monoisotopic (exact) mass is 365 g/mol. The van der Waals surface area contributed by atoms with Gasteiger partial charge in [0.05, 0.1) is 12.3 Å². The molecule has 1 unspecified atom stereocenters. The second kappa shape index (κ2) is 8.98. The van der Waals surface area contributed by atoms with Crippen LogP contribution in [0.5, 0.6) is 0 Å². The molecule has 2 aromatic carbocycles. The molecule has 2 aromatic rings. The van der Waals surface area contributed by atoms with Crippen molar-refractivity contribution in [2.75, 3.05) is 11.6 Å². The Hall–Kier alpha value is -3.15. The first kappa shape index (κ1) is 18.6. The summed E-state index contributed by atoms with van der Waals surface area (Å²) in [6, 6.07) is 20.0. The number of para-hydroxylation sites is 1.